The molecule has 0 saturated carbocycles. The molecule has 1 amide bonds. The van der Waals surface area contributed by atoms with E-state index in [-0.39, 0.29) is 5.91 Å². The monoisotopic (exact) mass is 354 g/mol. The van der Waals surface area contributed by atoms with Gasteiger partial charge in [0.15, 0.2) is 5.69 Å². The Hall–Kier alpha value is -1.48. The third-order valence-electron chi connectivity index (χ3n) is 4.13. The van der Waals surface area contributed by atoms with Crippen LogP contribution in [-0.2, 0) is 11.3 Å². The fraction of sp³-hybridized carbons (Fsp3) is 0.765. The number of β-amino-alcohol motifs (C(OH)–C–C–N with tert-alkyl or cyclic N) is 1. The minimum absolute atomic E-state index is 0.190. The van der Waals surface area contributed by atoms with Crippen LogP contribution >= 0.6 is 0 Å². The number of carbonyl (C=O) groups excluding carboxylic acids is 1. The zero-order valence-corrected chi connectivity index (χ0v) is 15.2. The maximum Gasteiger partial charge on any atom is 0.273 e. The van der Waals surface area contributed by atoms with E-state index in [2.05, 4.69) is 20.1 Å². The molecule has 1 unspecified atom stereocenters. The number of aliphatic hydroxyl groups is 1. The lowest BCUT2D eigenvalue weighted by molar-refractivity contribution is 0.00949. The normalized spacial score (nSPS) is 17.6. The highest BCUT2D eigenvalue weighted by Gasteiger charge is 2.21. The highest BCUT2D eigenvalue weighted by Crippen LogP contribution is 2.09. The SMILES string of the molecule is CCCNC(=O)c1coc(CN2CCN(CC(O)COCC)CC2)n1. The molecule has 2 N–H and O–H groups in total. The summed E-state index contributed by atoms with van der Waals surface area (Å²) in [7, 11) is 0. The number of rotatable bonds is 10. The molecule has 1 atom stereocenters. The van der Waals surface area contributed by atoms with Gasteiger partial charge in [0.2, 0.25) is 5.89 Å². The van der Waals surface area contributed by atoms with Gasteiger partial charge in [-0.25, -0.2) is 4.98 Å². The molecule has 1 aliphatic heterocycles. The van der Waals surface area contributed by atoms with Crippen LogP contribution in [0.3, 0.4) is 0 Å². The number of hydrogen-bond donors (Lipinski definition) is 2. The lowest BCUT2D eigenvalue weighted by Gasteiger charge is -2.34. The smallest absolute Gasteiger partial charge is 0.273 e. The van der Waals surface area contributed by atoms with E-state index in [0.29, 0.717) is 44.4 Å². The van der Waals surface area contributed by atoms with E-state index in [1.54, 1.807) is 0 Å². The quantitative estimate of drug-likeness (QED) is 0.626. The zero-order valence-electron chi connectivity index (χ0n) is 15.2. The summed E-state index contributed by atoms with van der Waals surface area (Å²) in [6, 6.07) is 0. The molecule has 1 aliphatic rings. The number of carbonyl (C=O) groups is 1. The minimum atomic E-state index is -0.442. The van der Waals surface area contributed by atoms with Crippen molar-refractivity contribution >= 4 is 5.91 Å². The minimum Gasteiger partial charge on any atom is -0.447 e. The maximum atomic E-state index is 11.8. The van der Waals surface area contributed by atoms with Gasteiger partial charge in [-0.2, -0.15) is 0 Å². The van der Waals surface area contributed by atoms with E-state index in [9.17, 15) is 9.90 Å². The van der Waals surface area contributed by atoms with Crippen LogP contribution in [0.5, 0.6) is 0 Å². The average molecular weight is 354 g/mol. The van der Waals surface area contributed by atoms with Gasteiger partial charge in [-0.15, -0.1) is 0 Å². The first-order valence-corrected chi connectivity index (χ1v) is 9.05. The van der Waals surface area contributed by atoms with Gasteiger partial charge < -0.3 is 19.6 Å². The van der Waals surface area contributed by atoms with Crippen molar-refractivity contribution in [2.24, 2.45) is 0 Å². The summed E-state index contributed by atoms with van der Waals surface area (Å²) in [5.41, 5.74) is 0.334. The van der Waals surface area contributed by atoms with Crippen LogP contribution in [0.15, 0.2) is 10.7 Å². The van der Waals surface area contributed by atoms with Crippen molar-refractivity contribution in [2.45, 2.75) is 32.9 Å². The van der Waals surface area contributed by atoms with Crippen molar-refractivity contribution in [1.29, 1.82) is 0 Å². The Kier molecular flexibility index (Phi) is 8.33. The molecule has 1 fully saturated rings. The summed E-state index contributed by atoms with van der Waals surface area (Å²) in [5, 5.41) is 12.7. The van der Waals surface area contributed by atoms with Crippen LogP contribution < -0.4 is 5.32 Å². The number of nitrogens with one attached hydrogen (secondary N) is 1. The van der Waals surface area contributed by atoms with Gasteiger partial charge in [0.25, 0.3) is 5.91 Å². The molecule has 1 aromatic heterocycles. The van der Waals surface area contributed by atoms with E-state index >= 15 is 0 Å². The van der Waals surface area contributed by atoms with Crippen LogP contribution in [0.2, 0.25) is 0 Å². The summed E-state index contributed by atoms with van der Waals surface area (Å²) in [5.74, 6) is 0.372. The molecule has 1 saturated heterocycles. The number of piperazine rings is 1. The molecular formula is C17H30N4O4. The molecule has 0 radical (unpaired) electrons. The fourth-order valence-electron chi connectivity index (χ4n) is 2.74. The van der Waals surface area contributed by atoms with Crippen LogP contribution in [0.25, 0.3) is 0 Å². The molecule has 0 spiro atoms. The number of nitrogens with zero attached hydrogens (tertiary/aromatic N) is 3. The first-order chi connectivity index (χ1) is 12.1. The standard InChI is InChI=1S/C17H30N4O4/c1-3-5-18-17(23)15-13-25-16(19-15)11-21-8-6-20(7-9-21)10-14(22)12-24-4-2/h13-14,22H,3-12H2,1-2H3,(H,18,23). The maximum absolute atomic E-state index is 11.8. The fourth-order valence-corrected chi connectivity index (χ4v) is 2.74. The van der Waals surface area contributed by atoms with E-state index in [4.69, 9.17) is 9.15 Å². The van der Waals surface area contributed by atoms with Gasteiger partial charge in [-0.3, -0.25) is 14.6 Å². The zero-order chi connectivity index (χ0) is 18.1. The van der Waals surface area contributed by atoms with Crippen molar-refractivity contribution in [2.75, 3.05) is 52.5 Å². The van der Waals surface area contributed by atoms with Crippen molar-refractivity contribution in [3.63, 3.8) is 0 Å². The lowest BCUT2D eigenvalue weighted by Crippen LogP contribution is -2.48. The second kappa shape index (κ2) is 10.5. The van der Waals surface area contributed by atoms with Gasteiger partial charge in [0.05, 0.1) is 19.3 Å². The van der Waals surface area contributed by atoms with E-state index < -0.39 is 6.10 Å². The molecule has 8 nitrogen and oxygen atoms in total. The number of ether oxygens (including phenoxy) is 1. The second-order valence-electron chi connectivity index (χ2n) is 6.27. The Morgan fingerprint density at radius 2 is 2.08 bits per heavy atom. The number of amides is 1. The second-order valence-corrected chi connectivity index (χ2v) is 6.27. The number of aliphatic hydroxyl groups excluding tert-OH is 1. The molecule has 2 heterocycles. The Bertz CT molecular complexity index is 515. The van der Waals surface area contributed by atoms with Gasteiger partial charge in [0, 0.05) is 45.9 Å². The highest BCUT2D eigenvalue weighted by molar-refractivity contribution is 5.91. The van der Waals surface area contributed by atoms with Crippen molar-refractivity contribution in [1.82, 2.24) is 20.1 Å². The Morgan fingerprint density at radius 3 is 2.76 bits per heavy atom. The molecule has 8 heteroatoms. The van der Waals surface area contributed by atoms with Crippen molar-refractivity contribution < 1.29 is 19.1 Å². The van der Waals surface area contributed by atoms with Crippen molar-refractivity contribution in [3.05, 3.63) is 17.8 Å². The number of oxazole rings is 1. The molecule has 1 aromatic rings. The largest absolute Gasteiger partial charge is 0.447 e. The Balaban J connectivity index is 1.71. The highest BCUT2D eigenvalue weighted by atomic mass is 16.5. The molecule has 2 rings (SSSR count). The molecule has 142 valence electrons. The summed E-state index contributed by atoms with van der Waals surface area (Å²) in [6.45, 7) is 10.3. The summed E-state index contributed by atoms with van der Waals surface area (Å²) in [4.78, 5) is 20.6. The molecule has 25 heavy (non-hydrogen) atoms. The third kappa shape index (κ3) is 6.74. The van der Waals surface area contributed by atoms with Crippen LogP contribution in [0.4, 0.5) is 0 Å². The topological polar surface area (TPSA) is 91.1 Å². The lowest BCUT2D eigenvalue weighted by atomic mass is 10.2. The van der Waals surface area contributed by atoms with Gasteiger partial charge in [-0.1, -0.05) is 6.92 Å². The van der Waals surface area contributed by atoms with Crippen LogP contribution in [0.1, 0.15) is 36.6 Å². The van der Waals surface area contributed by atoms with Gasteiger partial charge in [-0.05, 0) is 13.3 Å². The van der Waals surface area contributed by atoms with Crippen LogP contribution in [-0.4, -0.2) is 84.4 Å². The summed E-state index contributed by atoms with van der Waals surface area (Å²) in [6.07, 6.45) is 1.86. The molecule has 0 aliphatic carbocycles. The van der Waals surface area contributed by atoms with Crippen LogP contribution in [0, 0.1) is 0 Å². The number of hydrogen-bond acceptors (Lipinski definition) is 7. The summed E-state index contributed by atoms with van der Waals surface area (Å²) < 4.78 is 10.7. The third-order valence-corrected chi connectivity index (χ3v) is 4.13. The van der Waals surface area contributed by atoms with Crippen molar-refractivity contribution in [3.8, 4) is 0 Å². The number of aromatic nitrogens is 1. The van der Waals surface area contributed by atoms with Gasteiger partial charge in [0.1, 0.15) is 6.26 Å². The van der Waals surface area contributed by atoms with E-state index in [1.807, 2.05) is 13.8 Å². The Labute approximate surface area is 149 Å². The molecular weight excluding hydrogens is 324 g/mol. The van der Waals surface area contributed by atoms with Gasteiger partial charge >= 0.3 is 0 Å². The predicted octanol–water partition coefficient (Wildman–Crippen LogP) is 0.329. The Morgan fingerprint density at radius 1 is 1.36 bits per heavy atom. The van der Waals surface area contributed by atoms with E-state index in [0.717, 1.165) is 32.6 Å². The molecule has 0 bridgehead atoms. The predicted molar refractivity (Wildman–Crippen MR) is 93.3 cm³/mol. The first-order valence-electron chi connectivity index (χ1n) is 9.05. The molecule has 0 aromatic carbocycles. The first kappa shape index (κ1) is 19.8. The summed E-state index contributed by atoms with van der Waals surface area (Å²) >= 11 is 0. The van der Waals surface area contributed by atoms with E-state index in [1.165, 1.54) is 6.26 Å². The average Bonchev–Trinajstić information content (AvgIpc) is 3.08.